The summed E-state index contributed by atoms with van der Waals surface area (Å²) in [5.74, 6) is 0.0253. The normalized spacial score (nSPS) is 23.3. The number of thiocarbonyl (C=S) groups is 1. The van der Waals surface area contributed by atoms with E-state index in [0.29, 0.717) is 23.6 Å². The van der Waals surface area contributed by atoms with E-state index in [0.717, 1.165) is 19.3 Å². The first-order valence-corrected chi connectivity index (χ1v) is 7.18. The minimum Gasteiger partial charge on any atom is -0.392 e. The molecule has 1 amide bonds. The molecule has 0 radical (unpaired) electrons. The lowest BCUT2D eigenvalue weighted by molar-refractivity contribution is -0.131. The van der Waals surface area contributed by atoms with Crippen LogP contribution in [0.1, 0.15) is 39.0 Å². The van der Waals surface area contributed by atoms with Crippen molar-refractivity contribution in [2.24, 2.45) is 11.1 Å². The van der Waals surface area contributed by atoms with Gasteiger partial charge in [0.15, 0.2) is 0 Å². The van der Waals surface area contributed by atoms with Crippen molar-refractivity contribution in [3.63, 3.8) is 0 Å². The number of carbonyl (C=O) groups is 1. The number of nitrogens with one attached hydrogen (secondary N) is 1. The van der Waals surface area contributed by atoms with Gasteiger partial charge in [0, 0.05) is 18.6 Å². The summed E-state index contributed by atoms with van der Waals surface area (Å²) in [6.07, 6.45) is 5.22. The number of hydrogen-bond acceptors (Lipinski definition) is 3. The van der Waals surface area contributed by atoms with Gasteiger partial charge in [-0.25, -0.2) is 0 Å². The van der Waals surface area contributed by atoms with Gasteiger partial charge in [0.05, 0.1) is 10.4 Å². The topological polar surface area (TPSA) is 58.4 Å². The minimum absolute atomic E-state index is 0.0253. The lowest BCUT2D eigenvalue weighted by Gasteiger charge is -2.39. The van der Waals surface area contributed by atoms with Crippen molar-refractivity contribution in [1.82, 2.24) is 10.2 Å². The molecule has 0 bridgehead atoms. The zero-order valence-electron chi connectivity index (χ0n) is 11.2. The summed E-state index contributed by atoms with van der Waals surface area (Å²) >= 11 is 5.05. The third-order valence-corrected chi connectivity index (χ3v) is 4.88. The van der Waals surface area contributed by atoms with Crippen molar-refractivity contribution in [3.05, 3.63) is 0 Å². The summed E-state index contributed by atoms with van der Waals surface area (Å²) in [7, 11) is 2.13. The number of likely N-dealkylation sites (N-methyl/N-ethyl adjacent to an activating group) is 1. The van der Waals surface area contributed by atoms with Crippen LogP contribution in [0.2, 0.25) is 0 Å². The van der Waals surface area contributed by atoms with Crippen molar-refractivity contribution in [1.29, 1.82) is 0 Å². The Labute approximate surface area is 114 Å². The molecule has 2 fully saturated rings. The Morgan fingerprint density at radius 1 is 1.56 bits per heavy atom. The predicted molar refractivity (Wildman–Crippen MR) is 76.3 cm³/mol. The Kier molecular flexibility index (Phi) is 3.92. The maximum atomic E-state index is 12.2. The second-order valence-electron chi connectivity index (χ2n) is 5.76. The fraction of sp³-hybridized carbons (Fsp3) is 0.846. The van der Waals surface area contributed by atoms with Crippen LogP contribution in [0.4, 0.5) is 0 Å². The van der Waals surface area contributed by atoms with Crippen molar-refractivity contribution < 1.29 is 4.79 Å². The smallest absolute Gasteiger partial charge is 0.233 e. The van der Waals surface area contributed by atoms with E-state index in [1.807, 2.05) is 0 Å². The molecule has 3 N–H and O–H groups in total. The van der Waals surface area contributed by atoms with E-state index in [1.54, 1.807) is 0 Å². The Bertz CT molecular complexity index is 350. The summed E-state index contributed by atoms with van der Waals surface area (Å²) < 4.78 is 0. The Hall–Kier alpha value is -0.680. The summed E-state index contributed by atoms with van der Waals surface area (Å²) in [4.78, 5) is 14.9. The number of carbonyl (C=O) groups excluding carboxylic acids is 1. The summed E-state index contributed by atoms with van der Waals surface area (Å²) in [6, 6.07) is 1.08. The molecule has 0 aromatic heterocycles. The van der Waals surface area contributed by atoms with Crippen molar-refractivity contribution in [3.8, 4) is 0 Å². The van der Waals surface area contributed by atoms with Gasteiger partial charge in [-0.1, -0.05) is 18.6 Å². The van der Waals surface area contributed by atoms with E-state index in [-0.39, 0.29) is 5.91 Å². The quantitative estimate of drug-likeness (QED) is 0.708. The van der Waals surface area contributed by atoms with Gasteiger partial charge in [-0.3, -0.25) is 9.69 Å². The fourth-order valence-corrected chi connectivity index (χ4v) is 2.81. The van der Waals surface area contributed by atoms with Gasteiger partial charge in [0.25, 0.3) is 0 Å². The Balaban J connectivity index is 1.82. The van der Waals surface area contributed by atoms with Crippen LogP contribution in [-0.2, 0) is 4.79 Å². The fourth-order valence-electron chi connectivity index (χ4n) is 2.51. The summed E-state index contributed by atoms with van der Waals surface area (Å²) in [6.45, 7) is 2.82. The molecule has 18 heavy (non-hydrogen) atoms. The van der Waals surface area contributed by atoms with E-state index in [4.69, 9.17) is 18.0 Å². The molecule has 4 nitrogen and oxygen atoms in total. The highest BCUT2D eigenvalue weighted by Crippen LogP contribution is 2.41. The molecular formula is C13H23N3OS. The molecule has 0 saturated heterocycles. The van der Waals surface area contributed by atoms with Gasteiger partial charge in [-0.05, 0) is 39.7 Å². The number of amides is 1. The monoisotopic (exact) mass is 269 g/mol. The first-order valence-electron chi connectivity index (χ1n) is 6.77. The highest BCUT2D eigenvalue weighted by atomic mass is 32.1. The Morgan fingerprint density at radius 2 is 2.17 bits per heavy atom. The van der Waals surface area contributed by atoms with Crippen molar-refractivity contribution in [2.75, 3.05) is 13.6 Å². The molecule has 1 unspecified atom stereocenters. The van der Waals surface area contributed by atoms with E-state index < -0.39 is 5.41 Å². The number of hydrogen-bond donors (Lipinski definition) is 2. The van der Waals surface area contributed by atoms with Gasteiger partial charge in [-0.15, -0.1) is 0 Å². The molecule has 2 aliphatic carbocycles. The second-order valence-corrected chi connectivity index (χ2v) is 6.20. The largest absolute Gasteiger partial charge is 0.392 e. The number of nitrogens with two attached hydrogens (primary N) is 1. The first kappa shape index (κ1) is 13.7. The van der Waals surface area contributed by atoms with Crippen LogP contribution in [0.5, 0.6) is 0 Å². The molecule has 0 aromatic rings. The SMILES string of the molecule is CC(CNC(=O)C1(C(N)=S)CCC1)N(C)C1CC1. The van der Waals surface area contributed by atoms with Gasteiger partial charge in [0.1, 0.15) is 0 Å². The number of nitrogens with zero attached hydrogens (tertiary/aromatic N) is 1. The molecule has 0 aromatic carbocycles. The lowest BCUT2D eigenvalue weighted by atomic mass is 9.68. The van der Waals surface area contributed by atoms with Crippen molar-refractivity contribution in [2.45, 2.75) is 51.1 Å². The van der Waals surface area contributed by atoms with E-state index >= 15 is 0 Å². The predicted octanol–water partition coefficient (Wildman–Crippen LogP) is 1.04. The second kappa shape index (κ2) is 5.13. The number of rotatable bonds is 6. The molecule has 2 saturated carbocycles. The van der Waals surface area contributed by atoms with E-state index in [9.17, 15) is 4.79 Å². The molecule has 2 aliphatic rings. The highest BCUT2D eigenvalue weighted by Gasteiger charge is 2.46. The average Bonchev–Trinajstić information content (AvgIpc) is 3.06. The van der Waals surface area contributed by atoms with Crippen LogP contribution in [-0.4, -0.2) is 41.5 Å². The van der Waals surface area contributed by atoms with Gasteiger partial charge < -0.3 is 11.1 Å². The summed E-state index contributed by atoms with van der Waals surface area (Å²) in [5, 5.41) is 3.02. The van der Waals surface area contributed by atoms with Crippen LogP contribution >= 0.6 is 12.2 Å². The first-order chi connectivity index (χ1) is 8.47. The van der Waals surface area contributed by atoms with Crippen LogP contribution in [0, 0.1) is 5.41 Å². The molecule has 5 heteroatoms. The van der Waals surface area contributed by atoms with Crippen LogP contribution in [0.15, 0.2) is 0 Å². The van der Waals surface area contributed by atoms with Crippen LogP contribution in [0.3, 0.4) is 0 Å². The van der Waals surface area contributed by atoms with E-state index in [1.165, 1.54) is 12.8 Å². The van der Waals surface area contributed by atoms with Crippen LogP contribution in [0.25, 0.3) is 0 Å². The summed E-state index contributed by atoms with van der Waals surface area (Å²) in [5.41, 5.74) is 5.17. The average molecular weight is 269 g/mol. The highest BCUT2D eigenvalue weighted by molar-refractivity contribution is 7.80. The third-order valence-electron chi connectivity index (χ3n) is 4.49. The third kappa shape index (κ3) is 2.52. The maximum Gasteiger partial charge on any atom is 0.233 e. The zero-order valence-corrected chi connectivity index (χ0v) is 12.1. The van der Waals surface area contributed by atoms with Crippen LogP contribution < -0.4 is 11.1 Å². The molecule has 0 aliphatic heterocycles. The van der Waals surface area contributed by atoms with Crippen molar-refractivity contribution >= 4 is 23.1 Å². The van der Waals surface area contributed by atoms with E-state index in [2.05, 4.69) is 24.2 Å². The lowest BCUT2D eigenvalue weighted by Crippen LogP contribution is -2.55. The zero-order chi connectivity index (χ0) is 13.3. The maximum absolute atomic E-state index is 12.2. The molecule has 1 atom stereocenters. The minimum atomic E-state index is -0.548. The molecule has 0 heterocycles. The molecule has 2 rings (SSSR count). The molecule has 0 spiro atoms. The van der Waals surface area contributed by atoms with Gasteiger partial charge >= 0.3 is 0 Å². The molecule has 102 valence electrons. The standard InChI is InChI=1S/C13H23N3OS/c1-9(16(2)10-4-5-10)8-15-12(17)13(11(14)18)6-3-7-13/h9-10H,3-8H2,1-2H3,(H2,14,18)(H,15,17). The molecular weight excluding hydrogens is 246 g/mol. The Morgan fingerprint density at radius 3 is 2.56 bits per heavy atom. The van der Waals surface area contributed by atoms with Gasteiger partial charge in [-0.2, -0.15) is 0 Å². The van der Waals surface area contributed by atoms with Gasteiger partial charge in [0.2, 0.25) is 5.91 Å².